The van der Waals surface area contributed by atoms with Gasteiger partial charge in [0, 0.05) is 29.2 Å². The number of furan rings is 1. The number of halogens is 1. The summed E-state index contributed by atoms with van der Waals surface area (Å²) in [6.07, 6.45) is 3.46. The third-order valence-corrected chi connectivity index (χ3v) is 3.75. The minimum absolute atomic E-state index is 0.190. The van der Waals surface area contributed by atoms with E-state index in [1.54, 1.807) is 12.5 Å². The van der Waals surface area contributed by atoms with Crippen LogP contribution in [0.25, 0.3) is 0 Å². The van der Waals surface area contributed by atoms with Gasteiger partial charge in [-0.25, -0.2) is 0 Å². The fourth-order valence-corrected chi connectivity index (χ4v) is 2.62. The van der Waals surface area contributed by atoms with Crippen LogP contribution < -0.4 is 5.73 Å². The molecule has 18 heavy (non-hydrogen) atoms. The van der Waals surface area contributed by atoms with E-state index in [1.165, 1.54) is 5.56 Å². The molecule has 2 rings (SSSR count). The molecule has 0 bridgehead atoms. The van der Waals surface area contributed by atoms with Gasteiger partial charge in [0.25, 0.3) is 0 Å². The zero-order valence-electron chi connectivity index (χ0n) is 10.3. The molecular formula is C14H17BrN2O. The summed E-state index contributed by atoms with van der Waals surface area (Å²) in [7, 11) is 2.07. The molecule has 1 atom stereocenters. The maximum atomic E-state index is 5.92. The highest BCUT2D eigenvalue weighted by atomic mass is 79.9. The van der Waals surface area contributed by atoms with Gasteiger partial charge < -0.3 is 10.2 Å². The zero-order valence-corrected chi connectivity index (χ0v) is 11.9. The molecule has 0 aliphatic rings. The van der Waals surface area contributed by atoms with Gasteiger partial charge in [0.2, 0.25) is 0 Å². The van der Waals surface area contributed by atoms with Crippen LogP contribution in [0.5, 0.6) is 0 Å². The van der Waals surface area contributed by atoms with Gasteiger partial charge in [0.1, 0.15) is 0 Å². The number of rotatable bonds is 5. The summed E-state index contributed by atoms with van der Waals surface area (Å²) >= 11 is 3.58. The Bertz CT molecular complexity index is 484. The van der Waals surface area contributed by atoms with Crippen LogP contribution in [0.3, 0.4) is 0 Å². The van der Waals surface area contributed by atoms with Gasteiger partial charge in [0.15, 0.2) is 0 Å². The molecule has 0 saturated carbocycles. The molecule has 0 saturated heterocycles. The lowest BCUT2D eigenvalue weighted by Gasteiger charge is -2.27. The van der Waals surface area contributed by atoms with E-state index < -0.39 is 0 Å². The van der Waals surface area contributed by atoms with Crippen LogP contribution in [-0.2, 0) is 6.54 Å². The lowest BCUT2D eigenvalue weighted by Crippen LogP contribution is -2.30. The average molecular weight is 309 g/mol. The number of nitrogens with two attached hydrogens (primary N) is 1. The van der Waals surface area contributed by atoms with Gasteiger partial charge in [-0.05, 0) is 24.7 Å². The average Bonchev–Trinajstić information content (AvgIpc) is 2.85. The van der Waals surface area contributed by atoms with E-state index in [1.807, 2.05) is 24.3 Å². The monoisotopic (exact) mass is 308 g/mol. The van der Waals surface area contributed by atoms with Crippen LogP contribution in [0, 0.1) is 0 Å². The highest BCUT2D eigenvalue weighted by molar-refractivity contribution is 9.10. The van der Waals surface area contributed by atoms with Gasteiger partial charge in [0.05, 0.1) is 12.5 Å². The molecule has 0 aliphatic carbocycles. The van der Waals surface area contributed by atoms with E-state index >= 15 is 0 Å². The third-order valence-electron chi connectivity index (χ3n) is 3.03. The van der Waals surface area contributed by atoms with E-state index in [0.29, 0.717) is 6.54 Å². The zero-order chi connectivity index (χ0) is 13.0. The first-order valence-electron chi connectivity index (χ1n) is 5.88. The summed E-state index contributed by atoms with van der Waals surface area (Å²) in [6, 6.07) is 10.4. The number of hydrogen-bond acceptors (Lipinski definition) is 3. The first-order valence-corrected chi connectivity index (χ1v) is 6.67. The van der Waals surface area contributed by atoms with Crippen LogP contribution >= 0.6 is 15.9 Å². The van der Waals surface area contributed by atoms with Crippen LogP contribution in [-0.4, -0.2) is 18.5 Å². The number of nitrogens with zero attached hydrogens (tertiary/aromatic N) is 1. The molecule has 1 aromatic heterocycles. The van der Waals surface area contributed by atoms with Crippen molar-refractivity contribution in [3.63, 3.8) is 0 Å². The summed E-state index contributed by atoms with van der Waals surface area (Å²) in [5.41, 5.74) is 8.29. The van der Waals surface area contributed by atoms with E-state index in [2.05, 4.69) is 33.9 Å². The summed E-state index contributed by atoms with van der Waals surface area (Å²) in [4.78, 5) is 2.23. The third kappa shape index (κ3) is 3.02. The molecule has 4 heteroatoms. The van der Waals surface area contributed by atoms with Crippen molar-refractivity contribution in [1.29, 1.82) is 0 Å². The Kier molecular flexibility index (Phi) is 4.58. The first kappa shape index (κ1) is 13.3. The lowest BCUT2D eigenvalue weighted by molar-refractivity contribution is 0.240. The van der Waals surface area contributed by atoms with Gasteiger partial charge in [-0.1, -0.05) is 34.1 Å². The first-order chi connectivity index (χ1) is 8.72. The van der Waals surface area contributed by atoms with Crippen LogP contribution in [0.15, 0.2) is 51.7 Å². The predicted octanol–water partition coefficient (Wildman–Crippen LogP) is 3.17. The second-order valence-electron chi connectivity index (χ2n) is 4.32. The SMILES string of the molecule is CN(Cc1ccoc1)C(CN)c1ccccc1Br. The summed E-state index contributed by atoms with van der Waals surface area (Å²) in [6.45, 7) is 1.40. The molecule has 2 aromatic rings. The molecule has 0 aliphatic heterocycles. The van der Waals surface area contributed by atoms with Crippen molar-refractivity contribution < 1.29 is 4.42 Å². The fraction of sp³-hybridized carbons (Fsp3) is 0.286. The van der Waals surface area contributed by atoms with Crippen LogP contribution in [0.2, 0.25) is 0 Å². The Morgan fingerprint density at radius 3 is 2.72 bits per heavy atom. The minimum Gasteiger partial charge on any atom is -0.472 e. The normalized spacial score (nSPS) is 12.9. The van der Waals surface area contributed by atoms with Crippen LogP contribution in [0.1, 0.15) is 17.2 Å². The maximum absolute atomic E-state index is 5.92. The molecule has 3 nitrogen and oxygen atoms in total. The van der Waals surface area contributed by atoms with Crippen molar-refractivity contribution >= 4 is 15.9 Å². The Morgan fingerprint density at radius 2 is 2.11 bits per heavy atom. The van der Waals surface area contributed by atoms with Crippen LogP contribution in [0.4, 0.5) is 0 Å². The molecule has 0 spiro atoms. The van der Waals surface area contributed by atoms with E-state index in [9.17, 15) is 0 Å². The van der Waals surface area contributed by atoms with E-state index in [0.717, 1.165) is 16.6 Å². The second kappa shape index (κ2) is 6.18. The Balaban J connectivity index is 2.16. The Labute approximate surface area is 116 Å². The Morgan fingerprint density at radius 1 is 1.33 bits per heavy atom. The van der Waals surface area contributed by atoms with E-state index in [4.69, 9.17) is 10.2 Å². The maximum Gasteiger partial charge on any atom is 0.0947 e. The quantitative estimate of drug-likeness (QED) is 0.922. The number of likely N-dealkylation sites (N-methyl/N-ethyl adjacent to an activating group) is 1. The highest BCUT2D eigenvalue weighted by Gasteiger charge is 2.18. The van der Waals surface area contributed by atoms with Crippen molar-refractivity contribution in [2.45, 2.75) is 12.6 Å². The number of hydrogen-bond donors (Lipinski definition) is 1. The minimum atomic E-state index is 0.190. The second-order valence-corrected chi connectivity index (χ2v) is 5.17. The standard InChI is InChI=1S/C14H17BrN2O/c1-17(9-11-6-7-18-10-11)14(8-16)12-4-2-3-5-13(12)15/h2-7,10,14H,8-9,16H2,1H3. The Hall–Kier alpha value is -1.10. The molecule has 96 valence electrons. The molecule has 0 amide bonds. The largest absolute Gasteiger partial charge is 0.472 e. The van der Waals surface area contributed by atoms with Crippen molar-refractivity contribution in [3.05, 3.63) is 58.5 Å². The van der Waals surface area contributed by atoms with Crippen molar-refractivity contribution in [1.82, 2.24) is 4.90 Å². The molecule has 0 fully saturated rings. The number of benzene rings is 1. The van der Waals surface area contributed by atoms with Crippen molar-refractivity contribution in [2.75, 3.05) is 13.6 Å². The summed E-state index contributed by atoms with van der Waals surface area (Å²) < 4.78 is 6.19. The molecule has 1 heterocycles. The van der Waals surface area contributed by atoms with Gasteiger partial charge in [-0.3, -0.25) is 4.90 Å². The molecule has 0 radical (unpaired) electrons. The highest BCUT2D eigenvalue weighted by Crippen LogP contribution is 2.27. The fourth-order valence-electron chi connectivity index (χ4n) is 2.07. The molecule has 1 unspecified atom stereocenters. The predicted molar refractivity (Wildman–Crippen MR) is 76.1 cm³/mol. The topological polar surface area (TPSA) is 42.4 Å². The summed E-state index contributed by atoms with van der Waals surface area (Å²) in [5.74, 6) is 0. The molecular weight excluding hydrogens is 292 g/mol. The van der Waals surface area contributed by atoms with Gasteiger partial charge in [-0.15, -0.1) is 0 Å². The van der Waals surface area contributed by atoms with E-state index in [-0.39, 0.29) is 6.04 Å². The van der Waals surface area contributed by atoms with Gasteiger partial charge >= 0.3 is 0 Å². The van der Waals surface area contributed by atoms with Crippen molar-refractivity contribution in [2.24, 2.45) is 5.73 Å². The summed E-state index contributed by atoms with van der Waals surface area (Å²) in [5, 5.41) is 0. The smallest absolute Gasteiger partial charge is 0.0947 e. The molecule has 2 N–H and O–H groups in total. The molecule has 1 aromatic carbocycles. The van der Waals surface area contributed by atoms with Crippen molar-refractivity contribution in [3.8, 4) is 0 Å². The van der Waals surface area contributed by atoms with Gasteiger partial charge in [-0.2, -0.15) is 0 Å². The lowest BCUT2D eigenvalue weighted by atomic mass is 10.1.